The van der Waals surface area contributed by atoms with Gasteiger partial charge in [0.2, 0.25) is 0 Å². The molecule has 0 amide bonds. The normalized spacial score (nSPS) is 12.2. The minimum absolute atomic E-state index is 0.924. The molecular weight excluding hydrogens is 655 g/mol. The molecule has 0 saturated carbocycles. The van der Waals surface area contributed by atoms with Crippen molar-refractivity contribution in [2.75, 3.05) is 4.90 Å². The van der Waals surface area contributed by atoms with Gasteiger partial charge in [-0.15, -0.1) is 0 Å². The van der Waals surface area contributed by atoms with E-state index in [1.165, 1.54) is 66.4 Å². The van der Waals surface area contributed by atoms with E-state index in [-0.39, 0.29) is 0 Å². The molecule has 0 aliphatic heterocycles. The summed E-state index contributed by atoms with van der Waals surface area (Å²) in [6.07, 6.45) is 6.60. The van der Waals surface area contributed by atoms with Crippen molar-refractivity contribution in [2.24, 2.45) is 0 Å². The Labute approximate surface area is 315 Å². The van der Waals surface area contributed by atoms with Gasteiger partial charge in [-0.05, 0) is 105 Å². The molecule has 0 unspecified atom stereocenters. The minimum atomic E-state index is 0.924. The molecule has 1 aliphatic carbocycles. The summed E-state index contributed by atoms with van der Waals surface area (Å²) in [6, 6.07) is 67.5. The van der Waals surface area contributed by atoms with Crippen LogP contribution in [0.5, 0.6) is 0 Å². The van der Waals surface area contributed by atoms with E-state index in [1.54, 1.807) is 0 Å². The second-order valence-corrected chi connectivity index (χ2v) is 14.0. The van der Waals surface area contributed by atoms with Gasteiger partial charge in [0.15, 0.2) is 0 Å². The summed E-state index contributed by atoms with van der Waals surface area (Å²) >= 11 is 0. The van der Waals surface area contributed by atoms with Gasteiger partial charge in [-0.3, -0.25) is 0 Å². The van der Waals surface area contributed by atoms with Gasteiger partial charge in [-0.25, -0.2) is 0 Å². The number of rotatable bonds is 7. The first-order valence-corrected chi connectivity index (χ1v) is 18.7. The van der Waals surface area contributed by atoms with Gasteiger partial charge in [0.05, 0.1) is 5.69 Å². The second-order valence-electron chi connectivity index (χ2n) is 14.0. The van der Waals surface area contributed by atoms with Gasteiger partial charge in [0.1, 0.15) is 11.2 Å². The van der Waals surface area contributed by atoms with Crippen molar-refractivity contribution in [2.45, 2.75) is 12.8 Å². The summed E-state index contributed by atoms with van der Waals surface area (Å²) in [5, 5.41) is 2.38. The molecule has 0 spiro atoms. The number of benzene rings is 8. The number of hydrogen-bond acceptors (Lipinski definition) is 2. The van der Waals surface area contributed by atoms with Crippen LogP contribution in [0.4, 0.5) is 17.1 Å². The van der Waals surface area contributed by atoms with Crippen molar-refractivity contribution in [3.63, 3.8) is 0 Å². The Morgan fingerprint density at radius 2 is 0.926 bits per heavy atom. The highest BCUT2D eigenvalue weighted by atomic mass is 16.3. The van der Waals surface area contributed by atoms with E-state index in [0.29, 0.717) is 0 Å². The summed E-state index contributed by atoms with van der Waals surface area (Å²) in [4.78, 5) is 2.40. The maximum atomic E-state index is 6.55. The monoisotopic (exact) mass is 691 g/mol. The topological polar surface area (TPSA) is 16.4 Å². The average Bonchev–Trinajstić information content (AvgIpc) is 3.64. The molecule has 0 atom stereocenters. The third kappa shape index (κ3) is 5.70. The van der Waals surface area contributed by atoms with Gasteiger partial charge in [0, 0.05) is 27.7 Å². The van der Waals surface area contributed by atoms with E-state index in [1.807, 2.05) is 0 Å². The zero-order valence-corrected chi connectivity index (χ0v) is 29.8. The van der Waals surface area contributed by atoms with Crippen LogP contribution in [0.1, 0.15) is 17.5 Å². The summed E-state index contributed by atoms with van der Waals surface area (Å²) in [5.74, 6) is 0. The molecule has 54 heavy (non-hydrogen) atoms. The Morgan fingerprint density at radius 3 is 1.54 bits per heavy atom. The number of anilines is 3. The largest absolute Gasteiger partial charge is 0.456 e. The predicted molar refractivity (Wildman–Crippen MR) is 228 cm³/mol. The van der Waals surface area contributed by atoms with Crippen molar-refractivity contribution in [3.05, 3.63) is 205 Å². The van der Waals surface area contributed by atoms with Crippen LogP contribution in [0.2, 0.25) is 0 Å². The van der Waals surface area contributed by atoms with E-state index in [4.69, 9.17) is 4.42 Å². The SMILES string of the molecule is C1=Cc2c(c(-c3ccccc3N(c3ccc(-c4ccccc4)cc3)c3ccc(-c4ccc(-c5ccccc5)cc4)cc3)cc3oc4ccccc4c23)CC1. The molecule has 0 saturated heterocycles. The van der Waals surface area contributed by atoms with Crippen LogP contribution in [-0.2, 0) is 6.42 Å². The van der Waals surface area contributed by atoms with Crippen molar-refractivity contribution in [1.29, 1.82) is 0 Å². The Hall–Kier alpha value is -6.90. The maximum Gasteiger partial charge on any atom is 0.136 e. The van der Waals surface area contributed by atoms with E-state index in [2.05, 4.69) is 205 Å². The smallest absolute Gasteiger partial charge is 0.136 e. The second kappa shape index (κ2) is 13.6. The molecule has 0 radical (unpaired) electrons. The predicted octanol–water partition coefficient (Wildman–Crippen LogP) is 14.7. The molecule has 0 fully saturated rings. The van der Waals surface area contributed by atoms with Crippen LogP contribution >= 0.6 is 0 Å². The lowest BCUT2D eigenvalue weighted by molar-refractivity contribution is 0.669. The number of fused-ring (bicyclic) bond motifs is 5. The van der Waals surface area contributed by atoms with Crippen LogP contribution in [0, 0.1) is 0 Å². The highest BCUT2D eigenvalue weighted by molar-refractivity contribution is 6.12. The molecule has 9 aromatic rings. The van der Waals surface area contributed by atoms with Gasteiger partial charge in [-0.1, -0.05) is 158 Å². The molecule has 10 rings (SSSR count). The van der Waals surface area contributed by atoms with Gasteiger partial charge in [-0.2, -0.15) is 0 Å². The lowest BCUT2D eigenvalue weighted by Gasteiger charge is -2.29. The molecule has 1 heterocycles. The van der Waals surface area contributed by atoms with Crippen molar-refractivity contribution in [1.82, 2.24) is 0 Å². The number of allylic oxidation sites excluding steroid dienone is 1. The molecule has 8 aromatic carbocycles. The molecule has 0 N–H and O–H groups in total. The van der Waals surface area contributed by atoms with Gasteiger partial charge < -0.3 is 9.32 Å². The third-order valence-corrected chi connectivity index (χ3v) is 10.8. The summed E-state index contributed by atoms with van der Waals surface area (Å²) in [5.41, 5.74) is 17.4. The molecule has 0 bridgehead atoms. The number of nitrogens with zero attached hydrogens (tertiary/aromatic N) is 1. The lowest BCUT2D eigenvalue weighted by Crippen LogP contribution is -2.12. The Bertz CT molecular complexity index is 2780. The van der Waals surface area contributed by atoms with Crippen molar-refractivity contribution < 1.29 is 4.42 Å². The van der Waals surface area contributed by atoms with Gasteiger partial charge in [0.25, 0.3) is 0 Å². The molecule has 1 aromatic heterocycles. The van der Waals surface area contributed by atoms with E-state index in [0.717, 1.165) is 41.1 Å². The van der Waals surface area contributed by atoms with Crippen LogP contribution in [0.3, 0.4) is 0 Å². The zero-order chi connectivity index (χ0) is 35.8. The van der Waals surface area contributed by atoms with Gasteiger partial charge >= 0.3 is 0 Å². The van der Waals surface area contributed by atoms with Crippen LogP contribution in [-0.4, -0.2) is 0 Å². The fourth-order valence-corrected chi connectivity index (χ4v) is 8.13. The standard InChI is InChI=1S/C52H37NO/c1-3-13-36(14-4-1)38-23-25-39(26-24-38)41-29-33-43(34-30-41)53(42-31-27-40(28-32-42)37-15-5-2-6-16-37)49-21-11-9-18-45(49)48-35-51-52(46-19-8-7-17-44(46)48)47-20-10-12-22-50(47)54-51/h1-6,8-16,18-35H,7,17H2. The highest BCUT2D eigenvalue weighted by Crippen LogP contribution is 2.46. The minimum Gasteiger partial charge on any atom is -0.456 e. The third-order valence-electron chi connectivity index (χ3n) is 10.8. The maximum absolute atomic E-state index is 6.55. The first-order valence-electron chi connectivity index (χ1n) is 18.7. The van der Waals surface area contributed by atoms with E-state index in [9.17, 15) is 0 Å². The lowest BCUT2D eigenvalue weighted by atomic mass is 9.86. The van der Waals surface area contributed by atoms with Crippen LogP contribution < -0.4 is 4.90 Å². The highest BCUT2D eigenvalue weighted by Gasteiger charge is 2.24. The number of hydrogen-bond donors (Lipinski definition) is 0. The van der Waals surface area contributed by atoms with E-state index >= 15 is 0 Å². The Kier molecular flexibility index (Phi) is 8.00. The molecule has 2 nitrogen and oxygen atoms in total. The van der Waals surface area contributed by atoms with Crippen LogP contribution in [0.25, 0.3) is 72.5 Å². The summed E-state index contributed by atoms with van der Waals surface area (Å²) < 4.78 is 6.55. The summed E-state index contributed by atoms with van der Waals surface area (Å²) in [6.45, 7) is 0. The zero-order valence-electron chi connectivity index (χ0n) is 29.8. The molecule has 256 valence electrons. The van der Waals surface area contributed by atoms with Crippen LogP contribution in [0.15, 0.2) is 199 Å². The number of furan rings is 1. The number of para-hydroxylation sites is 2. The first kappa shape index (κ1) is 31.8. The molecular formula is C52H37NO. The quantitative estimate of drug-likeness (QED) is 0.165. The fraction of sp³-hybridized carbons (Fsp3) is 0.0385. The Balaban J connectivity index is 1.11. The molecule has 2 heteroatoms. The first-order chi connectivity index (χ1) is 26.8. The average molecular weight is 692 g/mol. The molecule has 1 aliphatic rings. The summed E-state index contributed by atoms with van der Waals surface area (Å²) in [7, 11) is 0. The van der Waals surface area contributed by atoms with Crippen molar-refractivity contribution >= 4 is 45.1 Å². The van der Waals surface area contributed by atoms with E-state index < -0.39 is 0 Å². The van der Waals surface area contributed by atoms with Crippen molar-refractivity contribution in [3.8, 4) is 44.5 Å². The Morgan fingerprint density at radius 1 is 0.426 bits per heavy atom. The fourth-order valence-electron chi connectivity index (χ4n) is 8.13.